The maximum atomic E-state index is 14.9. The number of esters is 1. The van der Waals surface area contributed by atoms with Crippen LogP contribution in [0.3, 0.4) is 0 Å². The van der Waals surface area contributed by atoms with Gasteiger partial charge in [0.05, 0.1) is 30.8 Å². The third kappa shape index (κ3) is 7.96. The fourth-order valence-corrected chi connectivity index (χ4v) is 13.0. The van der Waals surface area contributed by atoms with Crippen LogP contribution < -0.4 is 0 Å². The topological polar surface area (TPSA) is 111 Å². The molecule has 13 heteroatoms. The van der Waals surface area contributed by atoms with Crippen molar-refractivity contribution in [3.8, 4) is 0 Å². The predicted molar refractivity (Wildman–Crippen MR) is 207 cm³/mol. The number of rotatable bonds is 9. The minimum atomic E-state index is -0.947. The van der Waals surface area contributed by atoms with Crippen LogP contribution in [0, 0.1) is 47.3 Å². The highest BCUT2D eigenvalue weighted by Gasteiger charge is 2.76. The monoisotopic (exact) mass is 813 g/mol. The van der Waals surface area contributed by atoms with Gasteiger partial charge in [-0.05, 0) is 109 Å². The van der Waals surface area contributed by atoms with E-state index in [0.717, 1.165) is 44.9 Å². The number of carbonyl (C=O) groups is 2. The van der Waals surface area contributed by atoms with Crippen molar-refractivity contribution in [3.05, 3.63) is 11.6 Å². The second kappa shape index (κ2) is 17.0. The molecule has 0 aromatic rings. The molecule has 11 nitrogen and oxygen atoms in total. The van der Waals surface area contributed by atoms with Gasteiger partial charge in [0.25, 0.3) is 0 Å². The van der Waals surface area contributed by atoms with Gasteiger partial charge in [0.15, 0.2) is 18.4 Å². The summed E-state index contributed by atoms with van der Waals surface area (Å²) in [6.07, 6.45) is 5.43. The molecule has 4 aliphatic carbocycles. The summed E-state index contributed by atoms with van der Waals surface area (Å²) in [7, 11) is 9.10. The fraction of sp³-hybridized carbons (Fsp3) is 0.905. The van der Waals surface area contributed by atoms with Crippen LogP contribution in [0.2, 0.25) is 0 Å². The Morgan fingerprint density at radius 3 is 2.22 bits per heavy atom. The highest BCUT2D eigenvalue weighted by Crippen LogP contribution is 2.77. The minimum absolute atomic E-state index is 0.0158. The number of ether oxygens (including phenoxy) is 8. The number of ketones is 1. The molecule has 3 saturated carbocycles. The zero-order valence-electron chi connectivity index (χ0n) is 34.2. The van der Waals surface area contributed by atoms with E-state index in [9.17, 15) is 9.59 Å². The van der Waals surface area contributed by atoms with Gasteiger partial charge in [-0.1, -0.05) is 19.9 Å². The molecule has 2 unspecified atom stereocenters. The number of hydrogen-bond acceptors (Lipinski definition) is 11. The van der Waals surface area contributed by atoms with E-state index in [2.05, 4.69) is 38.9 Å². The molecule has 0 spiro atoms. The van der Waals surface area contributed by atoms with Crippen LogP contribution >= 0.6 is 23.2 Å². The third-order valence-corrected chi connectivity index (χ3v) is 15.7. The first-order valence-corrected chi connectivity index (χ1v) is 21.7. The lowest BCUT2D eigenvalue weighted by molar-refractivity contribution is -0.314. The smallest absolute Gasteiger partial charge is 0.306 e. The maximum absolute atomic E-state index is 14.9. The zero-order chi connectivity index (χ0) is 39.5. The molecule has 0 amide bonds. The van der Waals surface area contributed by atoms with Gasteiger partial charge in [-0.15, -0.1) is 23.2 Å². The molecule has 0 N–H and O–H groups in total. The SMILES string of the molecule is CC[C@H]1CCC[C@H](O[C@H]2CC[C@H](N(C)C)[C@@H](C)O2)[C@@H](C)C(=O)C2=C[C@H]3[C@@H]4C[C@H](O[C@@H]5O[C@@H](C)[C@H](OC)[C@@H](OC)[C@H]5OC)C[C@H]4C4C([C@H]3[C@@H]2CC(=O)O1)C4(Cl)Cl. The molecule has 6 fully saturated rings. The number of Topliss-reactive ketones (excluding diaryl/α,β-unsaturated/α-hetero) is 1. The van der Waals surface area contributed by atoms with E-state index in [1.54, 1.807) is 21.3 Å². The summed E-state index contributed by atoms with van der Waals surface area (Å²) in [5.41, 5.74) is 0.713. The van der Waals surface area contributed by atoms with Crippen molar-refractivity contribution in [1.29, 1.82) is 0 Å². The Hall–Kier alpha value is -0.860. The van der Waals surface area contributed by atoms with Crippen LogP contribution in [0.25, 0.3) is 0 Å². The van der Waals surface area contributed by atoms with Crippen LogP contribution in [-0.4, -0.2) is 124 Å². The first-order chi connectivity index (χ1) is 26.2. The van der Waals surface area contributed by atoms with E-state index in [4.69, 9.17) is 61.1 Å². The molecule has 312 valence electrons. The number of allylic oxidation sites excluding steroid dienone is 2. The Morgan fingerprint density at radius 1 is 0.855 bits per heavy atom. The quantitative estimate of drug-likeness (QED) is 0.192. The number of hydrogen-bond donors (Lipinski definition) is 0. The van der Waals surface area contributed by atoms with Crippen molar-refractivity contribution in [2.24, 2.45) is 47.3 Å². The van der Waals surface area contributed by atoms with Crippen LogP contribution in [0.4, 0.5) is 0 Å². The van der Waals surface area contributed by atoms with E-state index in [1.807, 2.05) is 13.8 Å². The van der Waals surface area contributed by atoms with Gasteiger partial charge < -0.3 is 42.8 Å². The first-order valence-electron chi connectivity index (χ1n) is 20.9. The minimum Gasteiger partial charge on any atom is -0.462 e. The van der Waals surface area contributed by atoms with Crippen LogP contribution in [0.5, 0.6) is 0 Å². The number of alkyl halides is 2. The molecule has 7 rings (SSSR count). The normalized spacial score (nSPS) is 48.4. The Bertz CT molecular complexity index is 1410. The number of likely N-dealkylation sites (N-methyl/N-ethyl adjacent to an activating group) is 1. The van der Waals surface area contributed by atoms with Crippen LogP contribution in [0.1, 0.15) is 85.5 Å². The second-order valence-corrected chi connectivity index (χ2v) is 19.3. The van der Waals surface area contributed by atoms with Crippen molar-refractivity contribution in [1.82, 2.24) is 4.90 Å². The van der Waals surface area contributed by atoms with Crippen LogP contribution in [-0.2, 0) is 47.5 Å². The van der Waals surface area contributed by atoms with Gasteiger partial charge in [-0.3, -0.25) is 9.59 Å². The Morgan fingerprint density at radius 2 is 1.56 bits per heavy atom. The van der Waals surface area contributed by atoms with Crippen molar-refractivity contribution in [3.63, 3.8) is 0 Å². The van der Waals surface area contributed by atoms with Gasteiger partial charge >= 0.3 is 5.97 Å². The highest BCUT2D eigenvalue weighted by atomic mass is 35.5. The van der Waals surface area contributed by atoms with E-state index in [1.165, 1.54) is 0 Å². The molecule has 0 bridgehead atoms. The maximum Gasteiger partial charge on any atom is 0.306 e. The Labute approximate surface area is 338 Å². The van der Waals surface area contributed by atoms with Crippen molar-refractivity contribution >= 4 is 35.0 Å². The summed E-state index contributed by atoms with van der Waals surface area (Å²) >= 11 is 14.5. The number of methoxy groups -OCH3 is 3. The average molecular weight is 815 g/mol. The fourth-order valence-electron chi connectivity index (χ4n) is 12.0. The first kappa shape index (κ1) is 42.3. The Kier molecular flexibility index (Phi) is 13.1. The lowest BCUT2D eigenvalue weighted by Gasteiger charge is -2.44. The summed E-state index contributed by atoms with van der Waals surface area (Å²) in [5, 5.41) is 0. The van der Waals surface area contributed by atoms with Gasteiger partial charge in [-0.2, -0.15) is 0 Å². The lowest BCUT2D eigenvalue weighted by Crippen LogP contribution is -2.59. The van der Waals surface area contributed by atoms with E-state index < -0.39 is 22.6 Å². The van der Waals surface area contributed by atoms with Crippen molar-refractivity contribution < 1.29 is 47.5 Å². The van der Waals surface area contributed by atoms with E-state index >= 15 is 0 Å². The highest BCUT2D eigenvalue weighted by molar-refractivity contribution is 6.51. The van der Waals surface area contributed by atoms with Gasteiger partial charge in [0.1, 0.15) is 28.7 Å². The lowest BCUT2D eigenvalue weighted by atomic mass is 9.66. The zero-order valence-corrected chi connectivity index (χ0v) is 35.7. The molecule has 0 aromatic carbocycles. The molecule has 3 saturated heterocycles. The predicted octanol–water partition coefficient (Wildman–Crippen LogP) is 6.35. The van der Waals surface area contributed by atoms with Gasteiger partial charge in [-0.25, -0.2) is 0 Å². The van der Waals surface area contributed by atoms with Gasteiger partial charge in [0.2, 0.25) is 0 Å². The van der Waals surface area contributed by atoms with Gasteiger partial charge in [0, 0.05) is 51.0 Å². The molecular weight excluding hydrogens is 749 g/mol. The molecule has 3 aliphatic heterocycles. The summed E-state index contributed by atoms with van der Waals surface area (Å²) in [4.78, 5) is 30.8. The summed E-state index contributed by atoms with van der Waals surface area (Å²) in [6.45, 7) is 8.12. The molecular formula is C42H65Cl2NO10. The molecule has 55 heavy (non-hydrogen) atoms. The van der Waals surface area contributed by atoms with Crippen molar-refractivity contribution in [2.75, 3.05) is 35.4 Å². The van der Waals surface area contributed by atoms with Crippen molar-refractivity contribution in [2.45, 2.75) is 157 Å². The summed E-state index contributed by atoms with van der Waals surface area (Å²) in [6, 6.07) is 0.319. The number of carbonyl (C=O) groups excluding carboxylic acids is 2. The number of fused-ring (bicyclic) bond motifs is 8. The number of nitrogens with zero attached hydrogens (tertiary/aromatic N) is 1. The summed E-state index contributed by atoms with van der Waals surface area (Å²) in [5.74, 6) is -0.622. The molecule has 7 aliphatic rings. The average Bonchev–Trinajstić information content (AvgIpc) is 3.40. The number of cyclic esters (lactones) is 1. The largest absolute Gasteiger partial charge is 0.462 e. The molecule has 0 aromatic heterocycles. The van der Waals surface area contributed by atoms with E-state index in [0.29, 0.717) is 18.0 Å². The van der Waals surface area contributed by atoms with E-state index in [-0.39, 0.29) is 109 Å². The third-order valence-electron chi connectivity index (χ3n) is 14.7. The summed E-state index contributed by atoms with van der Waals surface area (Å²) < 4.78 is 48.9. The number of halogens is 2. The van der Waals surface area contributed by atoms with Crippen LogP contribution in [0.15, 0.2) is 11.6 Å². The molecule has 0 radical (unpaired) electrons. The Balaban J connectivity index is 1.15. The standard InChI is InChI=1S/C42H65Cl2NO10/c1-10-23-12-11-13-31(55-33-15-14-30(45(5)6)21(3)51-33)20(2)37(47)29-18-26-25-16-24(54-41-40(50-9)39(49-8)38(48-7)22(4)52-41)17-28(25)35-36(42(35,43)44)34(26)27(29)19-32(46)53-23/h18,20-28,30-31,33-36,38-41H,10-17,19H2,1-9H3/t20-,21-,22+,23+,24+,25+,26+,27-,28-,30+,31+,33+,34-,35?,36?,38+,39-,40-,41+/m1/s1. The molecule has 19 atom stereocenters. The molecule has 3 heterocycles. The second-order valence-electron chi connectivity index (χ2n) is 17.8.